The first-order valence-electron chi connectivity index (χ1n) is 11.0. The summed E-state index contributed by atoms with van der Waals surface area (Å²) in [6, 6.07) is 5.32. The van der Waals surface area contributed by atoms with Gasteiger partial charge in [-0.2, -0.15) is 0 Å². The first-order chi connectivity index (χ1) is 16.4. The summed E-state index contributed by atoms with van der Waals surface area (Å²) in [5.74, 6) is -7.40. The van der Waals surface area contributed by atoms with E-state index in [0.717, 1.165) is 0 Å². The van der Waals surface area contributed by atoms with E-state index in [1.807, 2.05) is 0 Å². The van der Waals surface area contributed by atoms with Crippen molar-refractivity contribution in [3.05, 3.63) is 52.3 Å². The van der Waals surface area contributed by atoms with E-state index in [4.69, 9.17) is 5.73 Å². The number of nitrogens with two attached hydrogens (primary N) is 1. The molecule has 4 atom stereocenters. The summed E-state index contributed by atoms with van der Waals surface area (Å²) < 4.78 is 0. The molecule has 3 aliphatic carbocycles. The highest BCUT2D eigenvalue weighted by molar-refractivity contribution is 6.24. The summed E-state index contributed by atoms with van der Waals surface area (Å²) in [5.41, 5.74) is 1.57. The van der Waals surface area contributed by atoms with Crippen molar-refractivity contribution >= 4 is 34.0 Å². The first kappa shape index (κ1) is 22.9. The molecule has 3 aliphatic rings. The van der Waals surface area contributed by atoms with Crippen LogP contribution in [0.25, 0.3) is 16.5 Å². The summed E-state index contributed by atoms with van der Waals surface area (Å²) in [7, 11) is 3.06. The Labute approximate surface area is 199 Å². The Morgan fingerprint density at radius 2 is 1.66 bits per heavy atom. The maximum atomic E-state index is 13.8. The zero-order valence-corrected chi connectivity index (χ0v) is 18.9. The predicted octanol–water partition coefficient (Wildman–Crippen LogP) is 0.823. The highest BCUT2D eigenvalue weighted by atomic mass is 16.3. The maximum Gasteiger partial charge on any atom is 0.255 e. The van der Waals surface area contributed by atoms with Gasteiger partial charge in [-0.05, 0) is 32.9 Å². The molecule has 0 saturated heterocycles. The molecule has 10 nitrogen and oxygen atoms in total. The van der Waals surface area contributed by atoms with E-state index in [-0.39, 0.29) is 46.4 Å². The van der Waals surface area contributed by atoms with Crippen LogP contribution in [0.1, 0.15) is 17.5 Å². The van der Waals surface area contributed by atoms with Crippen LogP contribution in [0.4, 0.5) is 0 Å². The number of carbonyl (C=O) groups is 3. The van der Waals surface area contributed by atoms with E-state index in [1.165, 1.54) is 19.0 Å². The predicted molar refractivity (Wildman–Crippen MR) is 123 cm³/mol. The Kier molecular flexibility index (Phi) is 4.77. The molecule has 0 spiro atoms. The molecule has 182 valence electrons. The molecule has 7 N–H and O–H groups in total. The number of benzene rings is 2. The summed E-state index contributed by atoms with van der Waals surface area (Å²) in [4.78, 5) is 40.3. The van der Waals surface area contributed by atoms with Gasteiger partial charge in [-0.15, -0.1) is 0 Å². The average Bonchev–Trinajstić information content (AvgIpc) is 2.79. The number of fused-ring (bicyclic) bond motifs is 4. The molecule has 0 radical (unpaired) electrons. The van der Waals surface area contributed by atoms with Gasteiger partial charge in [-0.25, -0.2) is 0 Å². The summed E-state index contributed by atoms with van der Waals surface area (Å²) in [6.07, 6.45) is -0.0163. The molecule has 10 heteroatoms. The minimum Gasteiger partial charge on any atom is -0.508 e. The van der Waals surface area contributed by atoms with E-state index >= 15 is 0 Å². The lowest BCUT2D eigenvalue weighted by atomic mass is 9.57. The Morgan fingerprint density at radius 3 is 2.23 bits per heavy atom. The highest BCUT2D eigenvalue weighted by Gasteiger charge is 2.64. The van der Waals surface area contributed by atoms with Crippen LogP contribution in [0.15, 0.2) is 41.2 Å². The van der Waals surface area contributed by atoms with E-state index in [9.17, 15) is 39.9 Å². The molecule has 0 bridgehead atoms. The van der Waals surface area contributed by atoms with E-state index in [0.29, 0.717) is 5.39 Å². The van der Waals surface area contributed by atoms with Crippen molar-refractivity contribution in [2.75, 3.05) is 14.1 Å². The van der Waals surface area contributed by atoms with Gasteiger partial charge in [-0.3, -0.25) is 19.3 Å². The number of phenols is 2. The first-order valence-corrected chi connectivity index (χ1v) is 11.0. The molecular formula is C25H24N2O8. The quantitative estimate of drug-likeness (QED) is 0.268. The molecule has 0 aliphatic heterocycles. The molecule has 5 rings (SSSR count). The van der Waals surface area contributed by atoms with Gasteiger partial charge in [0.05, 0.1) is 11.6 Å². The molecule has 0 unspecified atom stereocenters. The lowest BCUT2D eigenvalue weighted by Gasteiger charge is -2.50. The van der Waals surface area contributed by atoms with E-state index in [2.05, 4.69) is 0 Å². The van der Waals surface area contributed by atoms with Gasteiger partial charge < -0.3 is 31.3 Å². The molecule has 1 fully saturated rings. The number of aliphatic hydroxyl groups is 3. The topological polar surface area (TPSA) is 182 Å². The second-order valence-electron chi connectivity index (χ2n) is 9.56. The number of ketones is 2. The maximum absolute atomic E-state index is 13.8. The number of aromatic hydroxyl groups is 2. The second-order valence-corrected chi connectivity index (χ2v) is 9.56. The number of rotatable bonds is 2. The van der Waals surface area contributed by atoms with Gasteiger partial charge in [0.15, 0.2) is 11.4 Å². The monoisotopic (exact) mass is 480 g/mol. The van der Waals surface area contributed by atoms with Crippen LogP contribution in [0.3, 0.4) is 0 Å². The molecule has 2 aromatic carbocycles. The number of phenolic OH excluding ortho intramolecular Hbond substituents is 2. The minimum atomic E-state index is -2.70. The van der Waals surface area contributed by atoms with Crippen LogP contribution in [0.5, 0.6) is 11.5 Å². The summed E-state index contributed by atoms with van der Waals surface area (Å²) in [6.45, 7) is 0. The second kappa shape index (κ2) is 7.30. The number of Topliss-reactive ketones (excluding diaryl/α,β-unsaturated/α-hetero) is 2. The number of hydrogen-bond acceptors (Lipinski definition) is 9. The van der Waals surface area contributed by atoms with Crippen LogP contribution in [0.2, 0.25) is 0 Å². The van der Waals surface area contributed by atoms with Gasteiger partial charge in [0.2, 0.25) is 5.78 Å². The molecule has 0 heterocycles. The minimum absolute atomic E-state index is 0.0266. The zero-order chi connectivity index (χ0) is 25.6. The molecule has 1 saturated carbocycles. The SMILES string of the molecule is CN(C)[C@@H]1C(=O)C(C(N)=O)=C(O)[C@@]2(O)C(=O)C3=C(O)c4c(c(O)c5ccccc5c4O)C[C@H]3C[C@@H]12. The van der Waals surface area contributed by atoms with Gasteiger partial charge in [0, 0.05) is 27.8 Å². The fourth-order valence-corrected chi connectivity index (χ4v) is 6.04. The number of amides is 1. The standard InChI is InChI=1S/C25H24N2O8/c1-27(2)17-13-8-9-7-12-15(19(29)11-6-4-3-5-10(11)18(12)28)20(30)14(9)22(32)25(13,35)23(33)16(21(17)31)24(26)34/h3-6,9,13,17,28-30,33,35H,7-8H2,1-2H3,(H2,26,34)/t9-,13-,17-,25-/m0/s1. The van der Waals surface area contributed by atoms with Crippen LogP contribution >= 0.6 is 0 Å². The van der Waals surface area contributed by atoms with Crippen molar-refractivity contribution in [1.82, 2.24) is 4.90 Å². The summed E-state index contributed by atoms with van der Waals surface area (Å²) in [5, 5.41) is 56.1. The Morgan fingerprint density at radius 1 is 1.06 bits per heavy atom. The van der Waals surface area contributed by atoms with Crippen LogP contribution < -0.4 is 5.73 Å². The van der Waals surface area contributed by atoms with Crippen LogP contribution in [0, 0.1) is 11.8 Å². The zero-order valence-electron chi connectivity index (χ0n) is 18.9. The fourth-order valence-electron chi connectivity index (χ4n) is 6.04. The van der Waals surface area contributed by atoms with Crippen LogP contribution in [-0.2, 0) is 20.8 Å². The molecule has 2 aromatic rings. The Hall–Kier alpha value is -3.89. The van der Waals surface area contributed by atoms with Crippen molar-refractivity contribution in [1.29, 1.82) is 0 Å². The number of primary amides is 1. The van der Waals surface area contributed by atoms with E-state index in [1.54, 1.807) is 24.3 Å². The highest BCUT2D eigenvalue weighted by Crippen LogP contribution is 2.54. The van der Waals surface area contributed by atoms with Crippen molar-refractivity contribution < 1.29 is 39.9 Å². The van der Waals surface area contributed by atoms with Crippen LogP contribution in [-0.4, -0.2) is 73.6 Å². The molecule has 0 aromatic heterocycles. The average molecular weight is 480 g/mol. The molecule has 35 heavy (non-hydrogen) atoms. The third-order valence-electron chi connectivity index (χ3n) is 7.58. The summed E-state index contributed by atoms with van der Waals surface area (Å²) >= 11 is 0. The van der Waals surface area contributed by atoms with Gasteiger partial charge in [0.1, 0.15) is 28.6 Å². The van der Waals surface area contributed by atoms with Crippen molar-refractivity contribution in [3.8, 4) is 11.5 Å². The smallest absolute Gasteiger partial charge is 0.255 e. The third kappa shape index (κ3) is 2.74. The Bertz CT molecular complexity index is 1420. The lowest BCUT2D eigenvalue weighted by Crippen LogP contribution is -2.65. The largest absolute Gasteiger partial charge is 0.508 e. The number of aliphatic hydroxyl groups excluding tert-OH is 2. The number of carbonyl (C=O) groups excluding carboxylic acids is 3. The van der Waals surface area contributed by atoms with Gasteiger partial charge in [0.25, 0.3) is 5.91 Å². The number of likely N-dealkylation sites (N-methyl/N-ethyl adjacent to an activating group) is 1. The van der Waals surface area contributed by atoms with Crippen molar-refractivity contribution in [2.24, 2.45) is 17.6 Å². The normalized spacial score (nSPS) is 28.3. The van der Waals surface area contributed by atoms with E-state index < -0.39 is 58.0 Å². The third-order valence-corrected chi connectivity index (χ3v) is 7.58. The Balaban J connectivity index is 1.79. The van der Waals surface area contributed by atoms with Crippen molar-refractivity contribution in [3.63, 3.8) is 0 Å². The molecule has 1 amide bonds. The number of hydrogen-bond donors (Lipinski definition) is 6. The van der Waals surface area contributed by atoms with Crippen molar-refractivity contribution in [2.45, 2.75) is 24.5 Å². The van der Waals surface area contributed by atoms with Gasteiger partial charge in [-0.1, -0.05) is 24.3 Å². The molecular weight excluding hydrogens is 456 g/mol. The fraction of sp³-hybridized carbons (Fsp3) is 0.320. The van der Waals surface area contributed by atoms with Gasteiger partial charge >= 0.3 is 0 Å². The number of nitrogens with zero attached hydrogens (tertiary/aromatic N) is 1. The lowest BCUT2D eigenvalue weighted by molar-refractivity contribution is -0.153.